The molecule has 5 nitrogen and oxygen atoms in total. The van der Waals surface area contributed by atoms with Gasteiger partial charge in [0.25, 0.3) is 5.91 Å². The maximum Gasteiger partial charge on any atom is 0.269 e. The van der Waals surface area contributed by atoms with Crippen LogP contribution < -0.4 is 5.32 Å². The van der Waals surface area contributed by atoms with Gasteiger partial charge in [0.15, 0.2) is 0 Å². The fourth-order valence-electron chi connectivity index (χ4n) is 3.34. The first kappa shape index (κ1) is 20.8. The third-order valence-corrected chi connectivity index (χ3v) is 4.67. The number of nitrogens with one attached hydrogen (secondary N) is 1. The van der Waals surface area contributed by atoms with Gasteiger partial charge >= 0.3 is 0 Å². The molecule has 0 aliphatic heterocycles. The second-order valence-corrected chi connectivity index (χ2v) is 7.29. The number of rotatable bonds is 9. The second kappa shape index (κ2) is 10.0. The molecule has 29 heavy (non-hydrogen) atoms. The number of hydrogen-bond acceptors (Lipinski definition) is 3. The SMILES string of the molecule is CCCOCCCNC(=O)c1cncn1-c1ccc(-c2cc(C)cc(C)c2)cc1. The highest BCUT2D eigenvalue weighted by Crippen LogP contribution is 2.24. The molecule has 152 valence electrons. The zero-order valence-corrected chi connectivity index (χ0v) is 17.4. The lowest BCUT2D eigenvalue weighted by atomic mass is 10.0. The summed E-state index contributed by atoms with van der Waals surface area (Å²) in [7, 11) is 0. The topological polar surface area (TPSA) is 56.1 Å². The molecule has 0 bridgehead atoms. The molecule has 0 radical (unpaired) electrons. The summed E-state index contributed by atoms with van der Waals surface area (Å²) in [5.41, 5.74) is 6.28. The Bertz CT molecular complexity index is 925. The molecule has 0 aliphatic carbocycles. The van der Waals surface area contributed by atoms with Crippen molar-refractivity contribution in [2.45, 2.75) is 33.6 Å². The summed E-state index contributed by atoms with van der Waals surface area (Å²) in [6.07, 6.45) is 5.07. The third-order valence-electron chi connectivity index (χ3n) is 4.67. The van der Waals surface area contributed by atoms with Crippen molar-refractivity contribution in [1.29, 1.82) is 0 Å². The lowest BCUT2D eigenvalue weighted by Gasteiger charge is -2.11. The Morgan fingerprint density at radius 3 is 2.45 bits per heavy atom. The van der Waals surface area contributed by atoms with Crippen LogP contribution in [-0.2, 0) is 4.74 Å². The number of benzene rings is 2. The lowest BCUT2D eigenvalue weighted by Crippen LogP contribution is -2.27. The second-order valence-electron chi connectivity index (χ2n) is 7.29. The normalized spacial score (nSPS) is 10.9. The molecule has 5 heteroatoms. The monoisotopic (exact) mass is 391 g/mol. The highest BCUT2D eigenvalue weighted by atomic mass is 16.5. The van der Waals surface area contributed by atoms with Crippen LogP contribution in [0, 0.1) is 13.8 Å². The molecule has 1 heterocycles. The van der Waals surface area contributed by atoms with E-state index in [0.717, 1.165) is 30.7 Å². The smallest absolute Gasteiger partial charge is 0.269 e. The van der Waals surface area contributed by atoms with E-state index in [1.54, 1.807) is 12.5 Å². The first-order valence-electron chi connectivity index (χ1n) is 10.2. The molecule has 0 saturated heterocycles. The molecular weight excluding hydrogens is 362 g/mol. The van der Waals surface area contributed by atoms with Crippen molar-refractivity contribution in [3.8, 4) is 16.8 Å². The van der Waals surface area contributed by atoms with E-state index in [9.17, 15) is 4.79 Å². The van der Waals surface area contributed by atoms with E-state index < -0.39 is 0 Å². The third kappa shape index (κ3) is 5.55. The average molecular weight is 392 g/mol. The van der Waals surface area contributed by atoms with Gasteiger partial charge in [-0.3, -0.25) is 9.36 Å². The fourth-order valence-corrected chi connectivity index (χ4v) is 3.34. The van der Waals surface area contributed by atoms with E-state index >= 15 is 0 Å². The molecule has 0 spiro atoms. The van der Waals surface area contributed by atoms with Crippen LogP contribution in [0.1, 0.15) is 41.4 Å². The number of aromatic nitrogens is 2. The molecule has 3 rings (SSSR count). The van der Waals surface area contributed by atoms with Crippen LogP contribution in [0.5, 0.6) is 0 Å². The Labute approximate surface area is 172 Å². The maximum atomic E-state index is 12.5. The predicted octanol–water partition coefficient (Wildman–Crippen LogP) is 4.70. The van der Waals surface area contributed by atoms with E-state index in [1.165, 1.54) is 16.7 Å². The van der Waals surface area contributed by atoms with Gasteiger partial charge < -0.3 is 10.1 Å². The number of imidazole rings is 1. The van der Waals surface area contributed by atoms with E-state index in [0.29, 0.717) is 18.8 Å². The standard InChI is InChI=1S/C24H29N3O2/c1-4-11-29-12-5-10-26-24(28)23-16-25-17-27(23)22-8-6-20(7-9-22)21-14-18(2)13-19(3)15-21/h6-9,13-17H,4-5,10-12H2,1-3H3,(H,26,28). The van der Waals surface area contributed by atoms with Gasteiger partial charge in [-0.25, -0.2) is 4.98 Å². The summed E-state index contributed by atoms with van der Waals surface area (Å²) in [5, 5.41) is 2.94. The molecule has 3 aromatic rings. The molecule has 0 atom stereocenters. The predicted molar refractivity (Wildman–Crippen MR) is 117 cm³/mol. The first-order chi connectivity index (χ1) is 14.1. The largest absolute Gasteiger partial charge is 0.381 e. The highest BCUT2D eigenvalue weighted by molar-refractivity contribution is 5.93. The number of carbonyl (C=O) groups excluding carboxylic acids is 1. The van der Waals surface area contributed by atoms with E-state index in [4.69, 9.17) is 4.74 Å². The van der Waals surface area contributed by atoms with Gasteiger partial charge in [-0.15, -0.1) is 0 Å². The highest BCUT2D eigenvalue weighted by Gasteiger charge is 2.12. The van der Waals surface area contributed by atoms with Crippen LogP contribution in [-0.4, -0.2) is 35.2 Å². The van der Waals surface area contributed by atoms with Crippen LogP contribution >= 0.6 is 0 Å². The van der Waals surface area contributed by atoms with Crippen LogP contribution in [0.3, 0.4) is 0 Å². The average Bonchev–Trinajstić information content (AvgIpc) is 3.20. The zero-order chi connectivity index (χ0) is 20.6. The number of hydrogen-bond donors (Lipinski definition) is 1. The van der Waals surface area contributed by atoms with Gasteiger partial charge in [0.05, 0.1) is 12.5 Å². The number of aryl methyl sites for hydroxylation is 2. The van der Waals surface area contributed by atoms with Crippen molar-refractivity contribution in [2.75, 3.05) is 19.8 Å². The minimum absolute atomic E-state index is 0.128. The van der Waals surface area contributed by atoms with Crippen molar-refractivity contribution in [3.05, 3.63) is 71.8 Å². The first-order valence-corrected chi connectivity index (χ1v) is 10.2. The Morgan fingerprint density at radius 2 is 1.76 bits per heavy atom. The summed E-state index contributed by atoms with van der Waals surface area (Å²) in [5.74, 6) is -0.128. The molecule has 0 unspecified atom stereocenters. The number of carbonyl (C=O) groups is 1. The summed E-state index contributed by atoms with van der Waals surface area (Å²) in [4.78, 5) is 16.7. The molecule has 2 aromatic carbocycles. The molecule has 1 N–H and O–H groups in total. The Kier molecular flexibility index (Phi) is 7.19. The number of ether oxygens (including phenoxy) is 1. The van der Waals surface area contributed by atoms with E-state index in [-0.39, 0.29) is 5.91 Å². The van der Waals surface area contributed by atoms with Crippen molar-refractivity contribution in [3.63, 3.8) is 0 Å². The quantitative estimate of drug-likeness (QED) is 0.538. The van der Waals surface area contributed by atoms with Gasteiger partial charge in [-0.2, -0.15) is 0 Å². The maximum absolute atomic E-state index is 12.5. The molecule has 1 amide bonds. The number of nitrogens with zero attached hydrogens (tertiary/aromatic N) is 2. The van der Waals surface area contributed by atoms with Crippen LogP contribution in [0.2, 0.25) is 0 Å². The minimum atomic E-state index is -0.128. The van der Waals surface area contributed by atoms with Gasteiger partial charge in [0.2, 0.25) is 0 Å². The van der Waals surface area contributed by atoms with Crippen molar-refractivity contribution in [2.24, 2.45) is 0 Å². The summed E-state index contributed by atoms with van der Waals surface area (Å²) < 4.78 is 7.26. The van der Waals surface area contributed by atoms with Crippen molar-refractivity contribution in [1.82, 2.24) is 14.9 Å². The van der Waals surface area contributed by atoms with Gasteiger partial charge in [-0.1, -0.05) is 48.4 Å². The summed E-state index contributed by atoms with van der Waals surface area (Å²) >= 11 is 0. The van der Waals surface area contributed by atoms with Gasteiger partial charge in [0, 0.05) is 25.4 Å². The minimum Gasteiger partial charge on any atom is -0.381 e. The Balaban J connectivity index is 1.67. The van der Waals surface area contributed by atoms with Gasteiger partial charge in [0.1, 0.15) is 5.69 Å². The van der Waals surface area contributed by atoms with E-state index in [2.05, 4.69) is 61.4 Å². The van der Waals surface area contributed by atoms with E-state index in [1.807, 2.05) is 16.7 Å². The Hall–Kier alpha value is -2.92. The Morgan fingerprint density at radius 1 is 1.03 bits per heavy atom. The molecular formula is C24H29N3O2. The summed E-state index contributed by atoms with van der Waals surface area (Å²) in [6.45, 7) is 8.30. The van der Waals surface area contributed by atoms with Crippen LogP contribution in [0.25, 0.3) is 16.8 Å². The van der Waals surface area contributed by atoms with Gasteiger partial charge in [-0.05, 0) is 49.9 Å². The fraction of sp³-hybridized carbons (Fsp3) is 0.333. The molecule has 0 fully saturated rings. The van der Waals surface area contributed by atoms with Crippen molar-refractivity contribution < 1.29 is 9.53 Å². The molecule has 0 aliphatic rings. The molecule has 0 saturated carbocycles. The number of amides is 1. The molecule has 1 aromatic heterocycles. The lowest BCUT2D eigenvalue weighted by molar-refractivity contribution is 0.0934. The van der Waals surface area contributed by atoms with Crippen LogP contribution in [0.4, 0.5) is 0 Å². The van der Waals surface area contributed by atoms with Crippen molar-refractivity contribution >= 4 is 5.91 Å². The summed E-state index contributed by atoms with van der Waals surface area (Å²) in [6, 6.07) is 14.7. The van der Waals surface area contributed by atoms with Crippen LogP contribution in [0.15, 0.2) is 55.0 Å². The zero-order valence-electron chi connectivity index (χ0n) is 17.4.